The van der Waals surface area contributed by atoms with Gasteiger partial charge in [0.2, 0.25) is 0 Å². The van der Waals surface area contributed by atoms with E-state index in [4.69, 9.17) is 33.8 Å². The van der Waals surface area contributed by atoms with E-state index in [9.17, 15) is 9.59 Å². The van der Waals surface area contributed by atoms with Crippen LogP contribution in [-0.2, 0) is 24.3 Å². The standard InChI is InChI=1S/C24H30O9/c1-4-15-28-20-11-7-18(8-12-20)23(25)32-30-22(17-27-6-3)31-33-24(26)19-9-13-21(14-10-19)29-16-5-2/h7-14,22H,4-6,15-17H2,1-3H3. The van der Waals surface area contributed by atoms with E-state index in [1.807, 2.05) is 13.8 Å². The van der Waals surface area contributed by atoms with E-state index in [1.165, 1.54) is 0 Å². The molecular weight excluding hydrogens is 432 g/mol. The smallest absolute Gasteiger partial charge is 0.373 e. The average Bonchev–Trinajstić information content (AvgIpc) is 2.86. The predicted octanol–water partition coefficient (Wildman–Crippen LogP) is 4.50. The van der Waals surface area contributed by atoms with Gasteiger partial charge in [-0.05, 0) is 68.3 Å². The van der Waals surface area contributed by atoms with Crippen LogP contribution < -0.4 is 9.47 Å². The monoisotopic (exact) mass is 462 g/mol. The first-order chi connectivity index (χ1) is 16.1. The van der Waals surface area contributed by atoms with Gasteiger partial charge < -0.3 is 14.2 Å². The minimum Gasteiger partial charge on any atom is -0.494 e. The van der Waals surface area contributed by atoms with E-state index in [1.54, 1.807) is 55.5 Å². The number of carbonyl (C=O) groups is 2. The van der Waals surface area contributed by atoms with Gasteiger partial charge in [0.15, 0.2) is 0 Å². The molecule has 33 heavy (non-hydrogen) atoms. The maximum Gasteiger partial charge on any atom is 0.373 e. The SMILES string of the molecule is CCCOc1ccc(C(=O)OOC(COCC)OOC(=O)c2ccc(OCCC)cc2)cc1. The van der Waals surface area contributed by atoms with E-state index >= 15 is 0 Å². The summed E-state index contributed by atoms with van der Waals surface area (Å²) in [5.41, 5.74) is 0.493. The molecule has 9 heteroatoms. The second-order valence-electron chi connectivity index (χ2n) is 6.77. The van der Waals surface area contributed by atoms with E-state index in [-0.39, 0.29) is 17.7 Å². The van der Waals surface area contributed by atoms with Crippen LogP contribution in [-0.4, -0.2) is 44.7 Å². The fourth-order valence-electron chi connectivity index (χ4n) is 2.39. The number of ether oxygens (including phenoxy) is 3. The van der Waals surface area contributed by atoms with E-state index < -0.39 is 18.2 Å². The topological polar surface area (TPSA) is 98.8 Å². The first kappa shape index (κ1) is 26.1. The lowest BCUT2D eigenvalue weighted by Gasteiger charge is -2.15. The zero-order valence-electron chi connectivity index (χ0n) is 19.1. The summed E-state index contributed by atoms with van der Waals surface area (Å²) < 4.78 is 16.2. The summed E-state index contributed by atoms with van der Waals surface area (Å²) in [5.74, 6) is -0.222. The third-order valence-corrected chi connectivity index (χ3v) is 4.05. The van der Waals surface area contributed by atoms with Crippen molar-refractivity contribution in [1.82, 2.24) is 0 Å². The molecule has 180 valence electrons. The molecule has 0 radical (unpaired) electrons. The fraction of sp³-hybridized carbons (Fsp3) is 0.417. The Morgan fingerprint density at radius 3 is 1.48 bits per heavy atom. The van der Waals surface area contributed by atoms with Gasteiger partial charge in [0.05, 0.1) is 24.3 Å². The quantitative estimate of drug-likeness (QED) is 0.215. The van der Waals surface area contributed by atoms with Gasteiger partial charge in [0.1, 0.15) is 18.1 Å². The van der Waals surface area contributed by atoms with Crippen LogP contribution in [0.5, 0.6) is 11.5 Å². The molecule has 0 atom stereocenters. The molecule has 0 aromatic heterocycles. The highest BCUT2D eigenvalue weighted by Gasteiger charge is 2.20. The lowest BCUT2D eigenvalue weighted by Crippen LogP contribution is -2.26. The van der Waals surface area contributed by atoms with Crippen LogP contribution in [0.4, 0.5) is 0 Å². The number of hydrogen-bond acceptors (Lipinski definition) is 9. The Morgan fingerprint density at radius 1 is 0.697 bits per heavy atom. The minimum atomic E-state index is -1.28. The Bertz CT molecular complexity index is 767. The summed E-state index contributed by atoms with van der Waals surface area (Å²) in [6, 6.07) is 12.8. The molecule has 0 aliphatic carbocycles. The number of hydrogen-bond donors (Lipinski definition) is 0. The summed E-state index contributed by atoms with van der Waals surface area (Å²) in [7, 11) is 0. The lowest BCUT2D eigenvalue weighted by atomic mass is 10.2. The van der Waals surface area contributed by atoms with Crippen LogP contribution >= 0.6 is 0 Å². The van der Waals surface area contributed by atoms with E-state index in [2.05, 4.69) is 0 Å². The van der Waals surface area contributed by atoms with Gasteiger partial charge in [0.25, 0.3) is 6.29 Å². The third-order valence-electron chi connectivity index (χ3n) is 4.05. The van der Waals surface area contributed by atoms with Crippen LogP contribution in [0.2, 0.25) is 0 Å². The number of carbonyl (C=O) groups excluding carboxylic acids is 2. The molecule has 2 aromatic carbocycles. The fourth-order valence-corrected chi connectivity index (χ4v) is 2.39. The highest BCUT2D eigenvalue weighted by Crippen LogP contribution is 2.15. The second kappa shape index (κ2) is 14.8. The van der Waals surface area contributed by atoms with E-state index in [0.717, 1.165) is 12.8 Å². The maximum atomic E-state index is 12.2. The summed E-state index contributed by atoms with van der Waals surface area (Å²) in [4.78, 5) is 44.0. The van der Waals surface area contributed by atoms with Gasteiger partial charge in [-0.25, -0.2) is 9.59 Å². The molecule has 0 aliphatic rings. The molecule has 2 rings (SSSR count). The van der Waals surface area contributed by atoms with Crippen molar-refractivity contribution in [3.05, 3.63) is 59.7 Å². The van der Waals surface area contributed by atoms with Gasteiger partial charge in [-0.1, -0.05) is 13.8 Å². The van der Waals surface area contributed by atoms with Crippen molar-refractivity contribution in [2.75, 3.05) is 26.4 Å². The lowest BCUT2D eigenvalue weighted by molar-refractivity contribution is -0.426. The predicted molar refractivity (Wildman–Crippen MR) is 118 cm³/mol. The first-order valence-corrected chi connectivity index (χ1v) is 10.9. The normalized spacial score (nSPS) is 10.7. The van der Waals surface area contributed by atoms with Crippen LogP contribution in [0.15, 0.2) is 48.5 Å². The summed E-state index contributed by atoms with van der Waals surface area (Å²) in [6.07, 6.45) is 0.474. The zero-order chi connectivity index (χ0) is 23.9. The van der Waals surface area contributed by atoms with Gasteiger partial charge in [-0.15, -0.1) is 9.78 Å². The molecule has 0 unspecified atom stereocenters. The molecule has 9 nitrogen and oxygen atoms in total. The van der Waals surface area contributed by atoms with Crippen molar-refractivity contribution in [1.29, 1.82) is 0 Å². The molecular formula is C24H30O9. The average molecular weight is 462 g/mol. The minimum absolute atomic E-state index is 0.134. The molecule has 0 spiro atoms. The Balaban J connectivity index is 1.85. The van der Waals surface area contributed by atoms with Crippen LogP contribution in [0, 0.1) is 0 Å². The van der Waals surface area contributed by atoms with Crippen LogP contribution in [0.3, 0.4) is 0 Å². The van der Waals surface area contributed by atoms with Crippen molar-refractivity contribution in [2.24, 2.45) is 0 Å². The van der Waals surface area contributed by atoms with Gasteiger partial charge in [0, 0.05) is 6.61 Å². The Labute approximate surface area is 193 Å². The van der Waals surface area contributed by atoms with Gasteiger partial charge in [-0.2, -0.15) is 0 Å². The molecule has 0 bridgehead atoms. The molecule has 0 aliphatic heterocycles. The van der Waals surface area contributed by atoms with Crippen molar-refractivity contribution < 1.29 is 43.3 Å². The Hall–Kier alpha value is -3.14. The molecule has 0 saturated carbocycles. The molecule has 0 fully saturated rings. The Kier molecular flexibility index (Phi) is 11.7. The highest BCUT2D eigenvalue weighted by molar-refractivity contribution is 5.89. The summed E-state index contributed by atoms with van der Waals surface area (Å²) in [6.45, 7) is 7.14. The first-order valence-electron chi connectivity index (χ1n) is 10.9. The van der Waals surface area contributed by atoms with Gasteiger partial charge >= 0.3 is 11.9 Å². The van der Waals surface area contributed by atoms with Crippen molar-refractivity contribution in [3.63, 3.8) is 0 Å². The third kappa shape index (κ3) is 9.48. The molecule has 0 amide bonds. The summed E-state index contributed by atoms with van der Waals surface area (Å²) >= 11 is 0. The molecule has 0 saturated heterocycles. The molecule has 0 heterocycles. The van der Waals surface area contributed by atoms with Gasteiger partial charge in [-0.3, -0.25) is 9.78 Å². The molecule has 0 N–H and O–H groups in total. The van der Waals surface area contributed by atoms with E-state index in [0.29, 0.717) is 31.3 Å². The van der Waals surface area contributed by atoms with Crippen LogP contribution in [0.25, 0.3) is 0 Å². The van der Waals surface area contributed by atoms with Crippen LogP contribution in [0.1, 0.15) is 54.3 Å². The Morgan fingerprint density at radius 2 is 1.12 bits per heavy atom. The maximum absolute atomic E-state index is 12.2. The zero-order valence-corrected chi connectivity index (χ0v) is 19.1. The van der Waals surface area contributed by atoms with Crippen molar-refractivity contribution in [2.45, 2.75) is 39.9 Å². The molecule has 2 aromatic rings. The van der Waals surface area contributed by atoms with Crippen molar-refractivity contribution >= 4 is 11.9 Å². The highest BCUT2D eigenvalue weighted by atomic mass is 17.3. The summed E-state index contributed by atoms with van der Waals surface area (Å²) in [5, 5.41) is 0. The second-order valence-corrected chi connectivity index (χ2v) is 6.77. The largest absolute Gasteiger partial charge is 0.494 e. The number of benzene rings is 2. The number of rotatable bonds is 15. The van der Waals surface area contributed by atoms with Crippen molar-refractivity contribution in [3.8, 4) is 11.5 Å².